The fraction of sp³-hybridized carbons (Fsp3) is 0.154. The second-order valence-corrected chi connectivity index (χ2v) is 3.88. The van der Waals surface area contributed by atoms with E-state index in [1.807, 2.05) is 0 Å². The van der Waals surface area contributed by atoms with Crippen LogP contribution in [0.2, 0.25) is 0 Å². The van der Waals surface area contributed by atoms with E-state index in [1.54, 1.807) is 0 Å². The lowest BCUT2D eigenvalue weighted by atomic mass is 10.2. The molecule has 0 amide bonds. The Bertz CT molecular complexity index is 649. The number of nitrogens with zero attached hydrogens (tertiary/aromatic N) is 2. The molecule has 0 atom stereocenters. The second-order valence-electron chi connectivity index (χ2n) is 3.88. The number of aryl methyl sites for hydroxylation is 1. The number of rotatable bonds is 3. The fourth-order valence-corrected chi connectivity index (χ4v) is 1.49. The van der Waals surface area contributed by atoms with Gasteiger partial charge in [-0.2, -0.15) is 5.10 Å². The molecule has 6 nitrogen and oxygen atoms in total. The molecule has 0 fully saturated rings. The van der Waals surface area contributed by atoms with Crippen LogP contribution in [0.1, 0.15) is 20.8 Å². The van der Waals surface area contributed by atoms with Crippen molar-refractivity contribution in [3.63, 3.8) is 0 Å². The number of halogens is 1. The van der Waals surface area contributed by atoms with Gasteiger partial charge in [0.25, 0.3) is 0 Å². The van der Waals surface area contributed by atoms with Gasteiger partial charge in [-0.05, 0) is 24.3 Å². The van der Waals surface area contributed by atoms with Crippen molar-refractivity contribution in [2.45, 2.75) is 0 Å². The maximum absolute atomic E-state index is 12.8. The summed E-state index contributed by atoms with van der Waals surface area (Å²) in [6.45, 7) is 0. The summed E-state index contributed by atoms with van der Waals surface area (Å²) in [6.07, 6.45) is 0. The van der Waals surface area contributed by atoms with Crippen molar-refractivity contribution in [2.75, 3.05) is 7.11 Å². The van der Waals surface area contributed by atoms with Crippen molar-refractivity contribution in [2.24, 2.45) is 7.05 Å². The minimum atomic E-state index is -0.676. The number of aromatic nitrogens is 2. The number of carbonyl (C=O) groups excluding carboxylic acids is 2. The Kier molecular flexibility index (Phi) is 3.79. The molecule has 0 bridgehead atoms. The van der Waals surface area contributed by atoms with E-state index in [2.05, 4.69) is 9.84 Å². The molecular formula is C13H11FN2O4. The van der Waals surface area contributed by atoms with Gasteiger partial charge in [0.2, 0.25) is 5.88 Å². The summed E-state index contributed by atoms with van der Waals surface area (Å²) in [6, 6.07) is 6.19. The molecule has 0 aliphatic heterocycles. The first kappa shape index (κ1) is 13.7. The minimum absolute atomic E-state index is 0.0249. The zero-order valence-corrected chi connectivity index (χ0v) is 10.8. The smallest absolute Gasteiger partial charge is 0.358 e. The van der Waals surface area contributed by atoms with Crippen LogP contribution in [0.15, 0.2) is 30.3 Å². The SMILES string of the molecule is COC(=O)c1cc(OC(=O)c2ccc(F)cc2)n(C)n1. The van der Waals surface area contributed by atoms with Crippen LogP contribution >= 0.6 is 0 Å². The van der Waals surface area contributed by atoms with Gasteiger partial charge in [0, 0.05) is 13.1 Å². The average molecular weight is 278 g/mol. The Morgan fingerprint density at radius 2 is 1.85 bits per heavy atom. The highest BCUT2D eigenvalue weighted by molar-refractivity contribution is 5.91. The maximum atomic E-state index is 12.8. The van der Waals surface area contributed by atoms with Crippen LogP contribution < -0.4 is 4.74 Å². The number of ether oxygens (including phenoxy) is 2. The zero-order chi connectivity index (χ0) is 14.7. The van der Waals surface area contributed by atoms with E-state index in [4.69, 9.17) is 4.74 Å². The van der Waals surface area contributed by atoms with Crippen LogP contribution in [-0.2, 0) is 11.8 Å². The van der Waals surface area contributed by atoms with Gasteiger partial charge in [0.1, 0.15) is 5.82 Å². The van der Waals surface area contributed by atoms with Gasteiger partial charge in [-0.15, -0.1) is 0 Å². The Morgan fingerprint density at radius 3 is 2.45 bits per heavy atom. The molecular weight excluding hydrogens is 267 g/mol. The first-order valence-electron chi connectivity index (χ1n) is 5.61. The van der Waals surface area contributed by atoms with E-state index in [-0.39, 0.29) is 17.1 Å². The summed E-state index contributed by atoms with van der Waals surface area (Å²) in [7, 11) is 2.74. The van der Waals surface area contributed by atoms with Gasteiger partial charge in [0.05, 0.1) is 12.7 Å². The first-order chi connectivity index (χ1) is 9.51. The monoisotopic (exact) mass is 278 g/mol. The quantitative estimate of drug-likeness (QED) is 0.797. The molecule has 1 aromatic carbocycles. The summed E-state index contributed by atoms with van der Waals surface area (Å²) in [4.78, 5) is 23.1. The van der Waals surface area contributed by atoms with E-state index in [9.17, 15) is 14.0 Å². The zero-order valence-electron chi connectivity index (χ0n) is 10.8. The molecule has 0 spiro atoms. The van der Waals surface area contributed by atoms with Gasteiger partial charge >= 0.3 is 11.9 Å². The Labute approximate surface area is 113 Å². The highest BCUT2D eigenvalue weighted by Gasteiger charge is 2.17. The molecule has 104 valence electrons. The molecule has 1 heterocycles. The molecule has 0 saturated heterocycles. The lowest BCUT2D eigenvalue weighted by Crippen LogP contribution is -2.11. The third kappa shape index (κ3) is 2.82. The molecule has 20 heavy (non-hydrogen) atoms. The largest absolute Gasteiger partial charge is 0.464 e. The second kappa shape index (κ2) is 5.52. The summed E-state index contributed by atoms with van der Waals surface area (Å²) in [5, 5.41) is 3.85. The molecule has 0 aliphatic carbocycles. The number of methoxy groups -OCH3 is 1. The van der Waals surface area contributed by atoms with Gasteiger partial charge in [-0.25, -0.2) is 18.7 Å². The Morgan fingerprint density at radius 1 is 1.20 bits per heavy atom. The summed E-state index contributed by atoms with van der Waals surface area (Å²) < 4.78 is 23.6. The normalized spacial score (nSPS) is 10.2. The first-order valence-corrected chi connectivity index (χ1v) is 5.61. The number of hydrogen-bond donors (Lipinski definition) is 0. The molecule has 2 aromatic rings. The average Bonchev–Trinajstić information content (AvgIpc) is 2.80. The lowest BCUT2D eigenvalue weighted by Gasteiger charge is -2.03. The van der Waals surface area contributed by atoms with Crippen molar-refractivity contribution in [3.8, 4) is 5.88 Å². The number of esters is 2. The van der Waals surface area contributed by atoms with Crippen molar-refractivity contribution in [3.05, 3.63) is 47.4 Å². The van der Waals surface area contributed by atoms with E-state index >= 15 is 0 Å². The standard InChI is InChI=1S/C13H11FN2O4/c1-16-11(7-10(15-16)13(18)19-2)20-12(17)8-3-5-9(14)6-4-8/h3-7H,1-2H3. The van der Waals surface area contributed by atoms with Crippen molar-refractivity contribution in [1.82, 2.24) is 9.78 Å². The van der Waals surface area contributed by atoms with Crippen LogP contribution in [0.3, 0.4) is 0 Å². The molecule has 0 saturated carbocycles. The van der Waals surface area contributed by atoms with Gasteiger partial charge in [0.15, 0.2) is 5.69 Å². The number of benzene rings is 1. The van der Waals surface area contributed by atoms with Crippen LogP contribution in [0.25, 0.3) is 0 Å². The molecule has 1 aromatic heterocycles. The molecule has 7 heteroatoms. The lowest BCUT2D eigenvalue weighted by molar-refractivity contribution is 0.0592. The highest BCUT2D eigenvalue weighted by Crippen LogP contribution is 2.15. The predicted molar refractivity (Wildman–Crippen MR) is 65.9 cm³/mol. The van der Waals surface area contributed by atoms with E-state index in [0.29, 0.717) is 0 Å². The molecule has 0 radical (unpaired) electrons. The number of hydrogen-bond acceptors (Lipinski definition) is 5. The van der Waals surface area contributed by atoms with E-state index in [1.165, 1.54) is 37.0 Å². The third-order valence-electron chi connectivity index (χ3n) is 2.51. The van der Waals surface area contributed by atoms with Crippen LogP contribution in [0.5, 0.6) is 5.88 Å². The highest BCUT2D eigenvalue weighted by atomic mass is 19.1. The van der Waals surface area contributed by atoms with Crippen molar-refractivity contribution in [1.29, 1.82) is 0 Å². The van der Waals surface area contributed by atoms with Crippen molar-refractivity contribution >= 4 is 11.9 Å². The summed E-state index contributed by atoms with van der Waals surface area (Å²) in [5.74, 6) is -1.68. The molecule has 0 N–H and O–H groups in total. The van der Waals surface area contributed by atoms with Gasteiger partial charge < -0.3 is 9.47 Å². The minimum Gasteiger partial charge on any atom is -0.464 e. The van der Waals surface area contributed by atoms with E-state index < -0.39 is 17.8 Å². The van der Waals surface area contributed by atoms with Crippen LogP contribution in [0.4, 0.5) is 4.39 Å². The summed E-state index contributed by atoms with van der Waals surface area (Å²) in [5.41, 5.74) is 0.212. The molecule has 0 unspecified atom stereocenters. The van der Waals surface area contributed by atoms with E-state index in [0.717, 1.165) is 12.1 Å². The fourth-order valence-electron chi connectivity index (χ4n) is 1.49. The summed E-state index contributed by atoms with van der Waals surface area (Å²) >= 11 is 0. The predicted octanol–water partition coefficient (Wildman–Crippen LogP) is 1.56. The molecule has 2 rings (SSSR count). The topological polar surface area (TPSA) is 70.4 Å². The van der Waals surface area contributed by atoms with Crippen LogP contribution in [0, 0.1) is 5.82 Å². The third-order valence-corrected chi connectivity index (χ3v) is 2.51. The van der Waals surface area contributed by atoms with Gasteiger partial charge in [-0.1, -0.05) is 0 Å². The Hall–Kier alpha value is -2.70. The van der Waals surface area contributed by atoms with Crippen LogP contribution in [-0.4, -0.2) is 28.8 Å². The van der Waals surface area contributed by atoms with Gasteiger partial charge in [-0.3, -0.25) is 0 Å². The number of carbonyl (C=O) groups is 2. The maximum Gasteiger partial charge on any atom is 0.358 e. The van der Waals surface area contributed by atoms with Crippen molar-refractivity contribution < 1.29 is 23.5 Å². The Balaban J connectivity index is 2.17. The molecule has 0 aliphatic rings.